The van der Waals surface area contributed by atoms with Crippen LogP contribution in [0.4, 0.5) is 0 Å². The van der Waals surface area contributed by atoms with Gasteiger partial charge in [0.15, 0.2) is 0 Å². The summed E-state index contributed by atoms with van der Waals surface area (Å²) in [5.41, 5.74) is 0. The number of carboxylic acid groups (broad SMARTS) is 1. The van der Waals surface area contributed by atoms with Gasteiger partial charge >= 0.3 is 5.97 Å². The van der Waals surface area contributed by atoms with Crippen LogP contribution in [-0.4, -0.2) is 48.6 Å². The second-order valence-corrected chi connectivity index (χ2v) is 3.33. The number of amides is 1. The van der Waals surface area contributed by atoms with E-state index in [0.717, 1.165) is 13.1 Å². The first-order valence-corrected chi connectivity index (χ1v) is 4.26. The van der Waals surface area contributed by atoms with Crippen molar-refractivity contribution in [3.8, 4) is 0 Å². The van der Waals surface area contributed by atoms with Gasteiger partial charge in [-0.05, 0) is 5.92 Å². The Balaban J connectivity index is 2.11. The zero-order valence-corrected chi connectivity index (χ0v) is 7.62. The van der Waals surface area contributed by atoms with E-state index >= 15 is 0 Å². The molecule has 1 amide bonds. The highest BCUT2D eigenvalue weighted by Crippen LogP contribution is 2.17. The minimum atomic E-state index is -0.760. The highest BCUT2D eigenvalue weighted by molar-refractivity contribution is 5.77. The molecule has 1 saturated heterocycles. The maximum absolute atomic E-state index is 10.9. The second kappa shape index (κ2) is 4.23. The maximum atomic E-state index is 10.9. The van der Waals surface area contributed by atoms with Gasteiger partial charge in [0.1, 0.15) is 0 Å². The van der Waals surface area contributed by atoms with Crippen LogP contribution in [0, 0.1) is 5.92 Å². The Hall–Kier alpha value is -1.10. The summed E-state index contributed by atoms with van der Waals surface area (Å²) < 4.78 is 0. The fourth-order valence-corrected chi connectivity index (χ4v) is 1.46. The molecule has 0 spiro atoms. The standard InChI is InChI=1S/C8H14N2O3/c1-9-7(11)5-10-3-6(4-10)2-8(12)13/h6H,2-5H2,1H3,(H,9,11)(H,12,13). The average molecular weight is 186 g/mol. The molecule has 13 heavy (non-hydrogen) atoms. The molecule has 74 valence electrons. The van der Waals surface area contributed by atoms with Crippen molar-refractivity contribution in [1.82, 2.24) is 10.2 Å². The zero-order valence-electron chi connectivity index (χ0n) is 7.62. The number of hydrogen-bond acceptors (Lipinski definition) is 3. The molecule has 1 aliphatic heterocycles. The number of hydrogen-bond donors (Lipinski definition) is 2. The van der Waals surface area contributed by atoms with Gasteiger partial charge in [-0.3, -0.25) is 14.5 Å². The van der Waals surface area contributed by atoms with Gasteiger partial charge in [0.25, 0.3) is 0 Å². The molecular weight excluding hydrogens is 172 g/mol. The molecule has 2 N–H and O–H groups in total. The number of aliphatic carboxylic acids is 1. The van der Waals surface area contributed by atoms with Crippen LogP contribution in [0.15, 0.2) is 0 Å². The molecule has 5 nitrogen and oxygen atoms in total. The second-order valence-electron chi connectivity index (χ2n) is 3.33. The predicted octanol–water partition coefficient (Wildman–Crippen LogP) is -0.861. The van der Waals surface area contributed by atoms with E-state index in [9.17, 15) is 9.59 Å². The van der Waals surface area contributed by atoms with E-state index in [0.29, 0.717) is 6.54 Å². The third-order valence-corrected chi connectivity index (χ3v) is 2.14. The van der Waals surface area contributed by atoms with Gasteiger partial charge < -0.3 is 10.4 Å². The Kier molecular flexibility index (Phi) is 3.25. The zero-order chi connectivity index (χ0) is 9.84. The van der Waals surface area contributed by atoms with E-state index in [1.165, 1.54) is 0 Å². The molecule has 1 rings (SSSR count). The van der Waals surface area contributed by atoms with Gasteiger partial charge in [0.2, 0.25) is 5.91 Å². The van der Waals surface area contributed by atoms with Crippen molar-refractivity contribution >= 4 is 11.9 Å². The lowest BCUT2D eigenvalue weighted by Crippen LogP contribution is -2.50. The van der Waals surface area contributed by atoms with Crippen molar-refractivity contribution in [1.29, 1.82) is 0 Å². The predicted molar refractivity (Wildman–Crippen MR) is 46.2 cm³/mol. The summed E-state index contributed by atoms with van der Waals surface area (Å²) in [6.45, 7) is 1.83. The molecule has 1 aliphatic rings. The number of likely N-dealkylation sites (N-methyl/N-ethyl adjacent to an activating group) is 1. The summed E-state index contributed by atoms with van der Waals surface area (Å²) in [7, 11) is 1.59. The highest BCUT2D eigenvalue weighted by Gasteiger charge is 2.29. The minimum absolute atomic E-state index is 0.0197. The molecule has 0 aromatic rings. The number of nitrogens with zero attached hydrogens (tertiary/aromatic N) is 1. The van der Waals surface area contributed by atoms with Crippen molar-refractivity contribution < 1.29 is 14.7 Å². The summed E-state index contributed by atoms with van der Waals surface area (Å²) in [5, 5.41) is 11.0. The van der Waals surface area contributed by atoms with E-state index in [-0.39, 0.29) is 18.2 Å². The average Bonchev–Trinajstić information content (AvgIpc) is 1.99. The summed E-state index contributed by atoms with van der Waals surface area (Å²) in [6, 6.07) is 0. The molecule has 5 heteroatoms. The highest BCUT2D eigenvalue weighted by atomic mass is 16.4. The Morgan fingerprint density at radius 2 is 2.15 bits per heavy atom. The van der Waals surface area contributed by atoms with Crippen LogP contribution in [-0.2, 0) is 9.59 Å². The molecule has 0 unspecified atom stereocenters. The van der Waals surface area contributed by atoms with Gasteiger partial charge in [-0.15, -0.1) is 0 Å². The van der Waals surface area contributed by atoms with E-state index in [4.69, 9.17) is 5.11 Å². The van der Waals surface area contributed by atoms with Crippen molar-refractivity contribution in [2.45, 2.75) is 6.42 Å². The Morgan fingerprint density at radius 1 is 1.54 bits per heavy atom. The monoisotopic (exact) mass is 186 g/mol. The molecule has 0 saturated carbocycles. The van der Waals surface area contributed by atoms with E-state index < -0.39 is 5.97 Å². The van der Waals surface area contributed by atoms with Crippen molar-refractivity contribution in [2.75, 3.05) is 26.7 Å². The van der Waals surface area contributed by atoms with E-state index in [1.807, 2.05) is 4.90 Å². The molecular formula is C8H14N2O3. The van der Waals surface area contributed by atoms with E-state index in [2.05, 4.69) is 5.32 Å². The summed E-state index contributed by atoms with van der Waals surface area (Å²) in [4.78, 5) is 23.1. The van der Waals surface area contributed by atoms with Crippen LogP contribution < -0.4 is 5.32 Å². The Bertz CT molecular complexity index is 211. The summed E-state index contributed by atoms with van der Waals surface area (Å²) in [5.74, 6) is -0.555. The first-order chi connectivity index (χ1) is 6.11. The molecule has 0 bridgehead atoms. The largest absolute Gasteiger partial charge is 0.481 e. The fourth-order valence-electron chi connectivity index (χ4n) is 1.46. The molecule has 0 radical (unpaired) electrons. The van der Waals surface area contributed by atoms with Crippen LogP contribution in [0.3, 0.4) is 0 Å². The van der Waals surface area contributed by atoms with Crippen LogP contribution in [0.2, 0.25) is 0 Å². The maximum Gasteiger partial charge on any atom is 0.303 e. The lowest BCUT2D eigenvalue weighted by molar-refractivity contribution is -0.139. The Labute approximate surface area is 76.7 Å². The fraction of sp³-hybridized carbons (Fsp3) is 0.750. The number of carbonyl (C=O) groups excluding carboxylic acids is 1. The van der Waals surface area contributed by atoms with Crippen LogP contribution >= 0.6 is 0 Å². The molecule has 1 heterocycles. The first-order valence-electron chi connectivity index (χ1n) is 4.26. The molecule has 0 aromatic carbocycles. The van der Waals surface area contributed by atoms with Crippen molar-refractivity contribution in [3.05, 3.63) is 0 Å². The summed E-state index contributed by atoms with van der Waals surface area (Å²) >= 11 is 0. The summed E-state index contributed by atoms with van der Waals surface area (Å²) in [6.07, 6.45) is 0.213. The van der Waals surface area contributed by atoms with Gasteiger partial charge in [-0.1, -0.05) is 0 Å². The number of likely N-dealkylation sites (tertiary alicyclic amines) is 1. The number of rotatable bonds is 4. The smallest absolute Gasteiger partial charge is 0.303 e. The van der Waals surface area contributed by atoms with Gasteiger partial charge in [-0.2, -0.15) is 0 Å². The number of carbonyl (C=O) groups is 2. The van der Waals surface area contributed by atoms with Crippen LogP contribution in [0.5, 0.6) is 0 Å². The van der Waals surface area contributed by atoms with Crippen molar-refractivity contribution in [3.63, 3.8) is 0 Å². The lowest BCUT2D eigenvalue weighted by atomic mass is 9.96. The SMILES string of the molecule is CNC(=O)CN1CC(CC(=O)O)C1. The van der Waals surface area contributed by atoms with E-state index in [1.54, 1.807) is 7.05 Å². The normalized spacial score (nSPS) is 17.9. The quantitative estimate of drug-likeness (QED) is 0.599. The van der Waals surface area contributed by atoms with Gasteiger partial charge in [0, 0.05) is 20.1 Å². The number of nitrogens with one attached hydrogen (secondary N) is 1. The Morgan fingerprint density at radius 3 is 2.62 bits per heavy atom. The molecule has 0 atom stereocenters. The molecule has 1 fully saturated rings. The topological polar surface area (TPSA) is 69.6 Å². The third kappa shape index (κ3) is 3.02. The first kappa shape index (κ1) is 9.98. The van der Waals surface area contributed by atoms with Gasteiger partial charge in [0.05, 0.1) is 13.0 Å². The van der Waals surface area contributed by atoms with Crippen LogP contribution in [0.25, 0.3) is 0 Å². The lowest BCUT2D eigenvalue weighted by Gasteiger charge is -2.37. The molecule has 0 aromatic heterocycles. The van der Waals surface area contributed by atoms with Crippen molar-refractivity contribution in [2.24, 2.45) is 5.92 Å². The molecule has 0 aliphatic carbocycles. The van der Waals surface area contributed by atoms with Gasteiger partial charge in [-0.25, -0.2) is 0 Å². The minimum Gasteiger partial charge on any atom is -0.481 e. The third-order valence-electron chi connectivity index (χ3n) is 2.14. The number of carboxylic acids is 1. The van der Waals surface area contributed by atoms with Crippen LogP contribution in [0.1, 0.15) is 6.42 Å².